The molecule has 2 rings (SSSR count). The van der Waals surface area contributed by atoms with Gasteiger partial charge >= 0.3 is 5.97 Å². The lowest BCUT2D eigenvalue weighted by Crippen LogP contribution is -2.20. The van der Waals surface area contributed by atoms with Crippen LogP contribution in [0.3, 0.4) is 0 Å². The second-order valence-corrected chi connectivity index (χ2v) is 7.32. The Morgan fingerprint density at radius 3 is 2.19 bits per heavy atom. The Bertz CT molecular complexity index is 1020. The van der Waals surface area contributed by atoms with Crippen LogP contribution >= 0.6 is 0 Å². The number of esters is 1. The Labute approximate surface area is 187 Å². The SMILES string of the molecule is CCCCCCOC(=O)c1ccc(NC(C)=O)c(NC(C)=O)c1C(=O)c1ccccc1O. The predicted octanol–water partition coefficient (Wildman–Crippen LogP) is 4.28. The minimum atomic E-state index is -0.735. The second kappa shape index (κ2) is 11.6. The molecule has 3 N–H and O–H groups in total. The summed E-state index contributed by atoms with van der Waals surface area (Å²) >= 11 is 0. The van der Waals surface area contributed by atoms with Crippen LogP contribution < -0.4 is 10.6 Å². The quantitative estimate of drug-likeness (QED) is 0.288. The van der Waals surface area contributed by atoms with Crippen molar-refractivity contribution in [3.05, 3.63) is 53.1 Å². The van der Waals surface area contributed by atoms with Crippen LogP contribution in [0.1, 0.15) is 72.7 Å². The lowest BCUT2D eigenvalue weighted by atomic mass is 9.94. The van der Waals surface area contributed by atoms with Gasteiger partial charge in [-0.1, -0.05) is 38.3 Å². The van der Waals surface area contributed by atoms with Crippen LogP contribution in [0.2, 0.25) is 0 Å². The van der Waals surface area contributed by atoms with Crippen LogP contribution in [0, 0.1) is 0 Å². The standard InChI is InChI=1S/C24H28N2O6/c1-4-5-6-9-14-32-24(31)18-12-13-19(25-15(2)27)22(26-16(3)28)21(18)23(30)17-10-7-8-11-20(17)29/h7-8,10-13,29H,4-6,9,14H2,1-3H3,(H,25,27)(H,26,28). The normalized spacial score (nSPS) is 10.3. The van der Waals surface area contributed by atoms with Crippen molar-refractivity contribution in [3.8, 4) is 5.75 Å². The van der Waals surface area contributed by atoms with Gasteiger partial charge in [0.2, 0.25) is 11.8 Å². The summed E-state index contributed by atoms with van der Waals surface area (Å²) in [6.07, 6.45) is 3.65. The van der Waals surface area contributed by atoms with Gasteiger partial charge in [-0.2, -0.15) is 0 Å². The zero-order valence-electron chi connectivity index (χ0n) is 18.5. The highest BCUT2D eigenvalue weighted by atomic mass is 16.5. The highest BCUT2D eigenvalue weighted by Gasteiger charge is 2.27. The van der Waals surface area contributed by atoms with Gasteiger partial charge in [0.25, 0.3) is 0 Å². The number of carbonyl (C=O) groups is 4. The minimum Gasteiger partial charge on any atom is -0.507 e. The number of hydrogen-bond acceptors (Lipinski definition) is 6. The van der Waals surface area contributed by atoms with Gasteiger partial charge in [-0.15, -0.1) is 0 Å². The fourth-order valence-corrected chi connectivity index (χ4v) is 3.18. The van der Waals surface area contributed by atoms with Crippen molar-refractivity contribution in [2.45, 2.75) is 46.5 Å². The first-order chi connectivity index (χ1) is 15.3. The van der Waals surface area contributed by atoms with Gasteiger partial charge in [0.05, 0.1) is 34.7 Å². The van der Waals surface area contributed by atoms with Crippen LogP contribution in [0.4, 0.5) is 11.4 Å². The molecule has 2 amide bonds. The van der Waals surface area contributed by atoms with Gasteiger partial charge in [-0.05, 0) is 30.7 Å². The fourth-order valence-electron chi connectivity index (χ4n) is 3.18. The first-order valence-corrected chi connectivity index (χ1v) is 10.5. The molecule has 8 nitrogen and oxygen atoms in total. The summed E-state index contributed by atoms with van der Waals surface area (Å²) in [7, 11) is 0. The molecule has 2 aromatic carbocycles. The third-order valence-corrected chi connectivity index (χ3v) is 4.64. The number of aromatic hydroxyl groups is 1. The average Bonchev–Trinajstić information content (AvgIpc) is 2.73. The van der Waals surface area contributed by atoms with Crippen molar-refractivity contribution in [2.24, 2.45) is 0 Å². The number of amides is 2. The number of phenols is 1. The van der Waals surface area contributed by atoms with E-state index >= 15 is 0 Å². The molecule has 0 atom stereocenters. The van der Waals surface area contributed by atoms with E-state index in [0.29, 0.717) is 6.42 Å². The zero-order chi connectivity index (χ0) is 23.7. The summed E-state index contributed by atoms with van der Waals surface area (Å²) in [5.41, 5.74) is -0.207. The number of hydrogen-bond donors (Lipinski definition) is 3. The Morgan fingerprint density at radius 2 is 1.56 bits per heavy atom. The maximum atomic E-state index is 13.4. The number of rotatable bonds is 10. The van der Waals surface area contributed by atoms with E-state index in [1.165, 1.54) is 38.1 Å². The van der Waals surface area contributed by atoms with Gasteiger partial charge in [0, 0.05) is 13.8 Å². The lowest BCUT2D eigenvalue weighted by molar-refractivity contribution is -0.115. The molecule has 0 bridgehead atoms. The number of ether oxygens (including phenoxy) is 1. The number of anilines is 2. The summed E-state index contributed by atoms with van der Waals surface area (Å²) in [6.45, 7) is 4.78. The van der Waals surface area contributed by atoms with Crippen LogP contribution in [0.15, 0.2) is 36.4 Å². The van der Waals surface area contributed by atoms with Gasteiger partial charge in [0.1, 0.15) is 5.75 Å². The molecular formula is C24H28N2O6. The monoisotopic (exact) mass is 440 g/mol. The molecule has 0 saturated heterocycles. The first kappa shape index (κ1) is 24.6. The van der Waals surface area contributed by atoms with Crippen molar-refractivity contribution in [2.75, 3.05) is 17.2 Å². The Kier molecular flexibility index (Phi) is 8.95. The molecule has 170 valence electrons. The number of ketones is 1. The first-order valence-electron chi connectivity index (χ1n) is 10.5. The van der Waals surface area contributed by atoms with Crippen LogP contribution in [0.5, 0.6) is 5.75 Å². The third kappa shape index (κ3) is 6.41. The van der Waals surface area contributed by atoms with E-state index in [4.69, 9.17) is 4.74 Å². The molecule has 0 spiro atoms. The molecule has 0 aliphatic heterocycles. The van der Waals surface area contributed by atoms with Gasteiger partial charge in [-0.25, -0.2) is 4.79 Å². The molecule has 2 aromatic rings. The highest BCUT2D eigenvalue weighted by Crippen LogP contribution is 2.34. The molecular weight excluding hydrogens is 412 g/mol. The molecule has 0 heterocycles. The molecule has 0 radical (unpaired) electrons. The summed E-state index contributed by atoms with van der Waals surface area (Å²) < 4.78 is 5.36. The summed E-state index contributed by atoms with van der Waals surface area (Å²) in [6, 6.07) is 8.64. The molecule has 0 saturated carbocycles. The largest absolute Gasteiger partial charge is 0.507 e. The molecule has 0 aliphatic rings. The van der Waals surface area contributed by atoms with Gasteiger partial charge < -0.3 is 20.5 Å². The predicted molar refractivity (Wildman–Crippen MR) is 121 cm³/mol. The molecule has 32 heavy (non-hydrogen) atoms. The van der Waals surface area contributed by atoms with E-state index in [1.54, 1.807) is 12.1 Å². The smallest absolute Gasteiger partial charge is 0.338 e. The number of phenolic OH excluding ortho intramolecular Hbond substituents is 1. The topological polar surface area (TPSA) is 122 Å². The number of nitrogens with one attached hydrogen (secondary N) is 2. The van der Waals surface area contributed by atoms with Crippen LogP contribution in [0.25, 0.3) is 0 Å². The van der Waals surface area contributed by atoms with Crippen molar-refractivity contribution in [3.63, 3.8) is 0 Å². The Balaban J connectivity index is 2.58. The second-order valence-electron chi connectivity index (χ2n) is 7.32. The third-order valence-electron chi connectivity index (χ3n) is 4.64. The maximum Gasteiger partial charge on any atom is 0.338 e. The van der Waals surface area contributed by atoms with Crippen LogP contribution in [-0.2, 0) is 14.3 Å². The molecule has 0 unspecified atom stereocenters. The summed E-state index contributed by atoms with van der Waals surface area (Å²) in [5, 5.41) is 15.3. The van der Waals surface area contributed by atoms with Gasteiger partial charge in [-0.3, -0.25) is 14.4 Å². The lowest BCUT2D eigenvalue weighted by Gasteiger charge is -2.18. The summed E-state index contributed by atoms with van der Waals surface area (Å²) in [5.74, 6) is -2.65. The number of benzene rings is 2. The number of unbranched alkanes of at least 4 members (excludes halogenated alkanes) is 3. The van der Waals surface area contributed by atoms with Crippen molar-refractivity contribution >= 4 is 34.9 Å². The van der Waals surface area contributed by atoms with Crippen molar-refractivity contribution in [1.82, 2.24) is 0 Å². The van der Waals surface area contributed by atoms with E-state index in [9.17, 15) is 24.3 Å². The molecule has 0 fully saturated rings. The molecule has 0 aromatic heterocycles. The maximum absolute atomic E-state index is 13.4. The molecule has 8 heteroatoms. The average molecular weight is 440 g/mol. The van der Waals surface area contributed by atoms with E-state index < -0.39 is 23.6 Å². The van der Waals surface area contributed by atoms with E-state index in [-0.39, 0.29) is 40.4 Å². The van der Waals surface area contributed by atoms with Crippen molar-refractivity contribution in [1.29, 1.82) is 0 Å². The van der Waals surface area contributed by atoms with E-state index in [0.717, 1.165) is 19.3 Å². The Hall–Kier alpha value is -3.68. The minimum absolute atomic E-state index is 0.0404. The van der Waals surface area contributed by atoms with Crippen molar-refractivity contribution < 1.29 is 29.0 Å². The zero-order valence-corrected chi connectivity index (χ0v) is 18.5. The summed E-state index contributed by atoms with van der Waals surface area (Å²) in [4.78, 5) is 49.8. The fraction of sp³-hybridized carbons (Fsp3) is 0.333. The van der Waals surface area contributed by atoms with Crippen LogP contribution in [-0.4, -0.2) is 35.3 Å². The van der Waals surface area contributed by atoms with E-state index in [1.807, 2.05) is 0 Å². The number of carbonyl (C=O) groups excluding carboxylic acids is 4. The molecule has 0 aliphatic carbocycles. The van der Waals surface area contributed by atoms with Gasteiger partial charge in [0.15, 0.2) is 5.78 Å². The van der Waals surface area contributed by atoms with E-state index in [2.05, 4.69) is 17.6 Å². The number of para-hydroxylation sites is 1. The Morgan fingerprint density at radius 1 is 0.875 bits per heavy atom. The highest BCUT2D eigenvalue weighted by molar-refractivity contribution is 6.21.